The molecule has 0 amide bonds. The summed E-state index contributed by atoms with van der Waals surface area (Å²) in [6.45, 7) is 5.76. The van der Waals surface area contributed by atoms with Gasteiger partial charge in [0.15, 0.2) is 0 Å². The second kappa shape index (κ2) is 21.6. The molecule has 0 unspecified atom stereocenters. The van der Waals surface area contributed by atoms with E-state index in [9.17, 15) is 9.59 Å². The van der Waals surface area contributed by atoms with Gasteiger partial charge in [-0.3, -0.25) is 9.59 Å². The van der Waals surface area contributed by atoms with Crippen LogP contribution in [0.5, 0.6) is 0 Å². The number of hydrogen-bond acceptors (Lipinski definition) is 5. The van der Waals surface area contributed by atoms with Crippen LogP contribution in [0.3, 0.4) is 0 Å². The van der Waals surface area contributed by atoms with Gasteiger partial charge in [0.05, 0.1) is 13.2 Å². The number of unbranched alkanes of at least 4 members (excludes halogenated alkanes) is 10. The first kappa shape index (κ1) is 27.9. The number of carbonyl (C=O) groups is 2. The molecular weight excluding hydrogens is 366 g/mol. The molecule has 29 heavy (non-hydrogen) atoms. The lowest BCUT2D eigenvalue weighted by molar-refractivity contribution is -0.149. The highest BCUT2D eigenvalue weighted by Gasteiger charge is 2.15. The third-order valence-electron chi connectivity index (χ3n) is 5.25. The number of esters is 2. The predicted molar refractivity (Wildman–Crippen MR) is 120 cm³/mol. The fraction of sp³-hybridized carbons (Fsp3) is 0.917. The Balaban J connectivity index is 4.09. The van der Waals surface area contributed by atoms with E-state index in [1.807, 2.05) is 0 Å². The summed E-state index contributed by atoms with van der Waals surface area (Å²) in [4.78, 5) is 24.0. The van der Waals surface area contributed by atoms with E-state index in [-0.39, 0.29) is 17.9 Å². The summed E-state index contributed by atoms with van der Waals surface area (Å²) in [6, 6.07) is 0. The molecule has 0 aliphatic carbocycles. The highest BCUT2D eigenvalue weighted by Crippen LogP contribution is 2.14. The van der Waals surface area contributed by atoms with Crippen molar-refractivity contribution in [3.05, 3.63) is 0 Å². The normalized spacial score (nSPS) is 11.0. The van der Waals surface area contributed by atoms with Crippen LogP contribution < -0.4 is 5.73 Å². The molecule has 5 nitrogen and oxygen atoms in total. The highest BCUT2D eigenvalue weighted by molar-refractivity contribution is 5.69. The van der Waals surface area contributed by atoms with Crippen LogP contribution in [0.15, 0.2) is 0 Å². The smallest absolute Gasteiger partial charge is 0.305 e. The third kappa shape index (κ3) is 20.0. The zero-order chi connectivity index (χ0) is 21.6. The maximum Gasteiger partial charge on any atom is 0.305 e. The SMILES string of the molecule is CCCCCCCC(=O)OCC(CCCCCN)COC(=O)CCCCCCC. The highest BCUT2D eigenvalue weighted by atomic mass is 16.5. The molecule has 0 aliphatic heterocycles. The molecular formula is C24H47NO4. The Kier molecular flexibility index (Phi) is 20.8. The summed E-state index contributed by atoms with van der Waals surface area (Å²) in [6.07, 6.45) is 16.1. The first-order valence-corrected chi connectivity index (χ1v) is 12.1. The van der Waals surface area contributed by atoms with Gasteiger partial charge in [-0.2, -0.15) is 0 Å². The Morgan fingerprint density at radius 3 is 1.55 bits per heavy atom. The number of carbonyl (C=O) groups excluding carboxylic acids is 2. The summed E-state index contributed by atoms with van der Waals surface area (Å²) in [5.74, 6) is -0.174. The Hall–Kier alpha value is -1.10. The van der Waals surface area contributed by atoms with Crippen LogP contribution in [0.4, 0.5) is 0 Å². The van der Waals surface area contributed by atoms with Crippen molar-refractivity contribution in [1.29, 1.82) is 0 Å². The van der Waals surface area contributed by atoms with E-state index < -0.39 is 0 Å². The van der Waals surface area contributed by atoms with E-state index >= 15 is 0 Å². The van der Waals surface area contributed by atoms with E-state index in [2.05, 4.69) is 13.8 Å². The summed E-state index contributed by atoms with van der Waals surface area (Å²) in [5, 5.41) is 0. The second-order valence-electron chi connectivity index (χ2n) is 8.20. The van der Waals surface area contributed by atoms with Crippen LogP contribution in [0.2, 0.25) is 0 Å². The standard InChI is InChI=1S/C24H47NO4/c1-3-5-7-9-13-17-23(26)28-20-22(16-12-11-15-19-25)21-29-24(27)18-14-10-8-6-4-2/h22H,3-21,25H2,1-2H3. The van der Waals surface area contributed by atoms with Crippen LogP contribution in [-0.4, -0.2) is 31.7 Å². The minimum absolute atomic E-state index is 0.0841. The number of hydrogen-bond donors (Lipinski definition) is 1. The summed E-state index contributed by atoms with van der Waals surface area (Å²) < 4.78 is 10.9. The van der Waals surface area contributed by atoms with Gasteiger partial charge in [0, 0.05) is 18.8 Å². The van der Waals surface area contributed by atoms with Gasteiger partial charge in [-0.1, -0.05) is 78.1 Å². The second-order valence-corrected chi connectivity index (χ2v) is 8.20. The maximum atomic E-state index is 12.0. The maximum absolute atomic E-state index is 12.0. The van der Waals surface area contributed by atoms with Gasteiger partial charge in [0.1, 0.15) is 0 Å². The molecule has 0 bridgehead atoms. The molecule has 0 fully saturated rings. The van der Waals surface area contributed by atoms with Crippen LogP contribution >= 0.6 is 0 Å². The minimum atomic E-state index is -0.129. The Morgan fingerprint density at radius 2 is 1.10 bits per heavy atom. The van der Waals surface area contributed by atoms with Crippen LogP contribution in [0, 0.1) is 5.92 Å². The van der Waals surface area contributed by atoms with Crippen LogP contribution in [-0.2, 0) is 19.1 Å². The molecule has 0 aromatic heterocycles. The summed E-state index contributed by atoms with van der Waals surface area (Å²) >= 11 is 0. The van der Waals surface area contributed by atoms with Crippen LogP contribution in [0.25, 0.3) is 0 Å². The topological polar surface area (TPSA) is 78.6 Å². The number of ether oxygens (including phenoxy) is 2. The van der Waals surface area contributed by atoms with E-state index in [1.165, 1.54) is 38.5 Å². The monoisotopic (exact) mass is 413 g/mol. The first-order chi connectivity index (χ1) is 14.1. The predicted octanol–water partition coefficient (Wildman–Crippen LogP) is 5.93. The quantitative estimate of drug-likeness (QED) is 0.186. The molecule has 0 heterocycles. The van der Waals surface area contributed by atoms with Gasteiger partial charge in [0.25, 0.3) is 0 Å². The molecule has 0 saturated carbocycles. The zero-order valence-electron chi connectivity index (χ0n) is 19.2. The lowest BCUT2D eigenvalue weighted by Crippen LogP contribution is -2.21. The van der Waals surface area contributed by atoms with Gasteiger partial charge in [-0.25, -0.2) is 0 Å². The average Bonchev–Trinajstić information content (AvgIpc) is 2.72. The fourth-order valence-electron chi connectivity index (χ4n) is 3.28. The van der Waals surface area contributed by atoms with Crippen molar-refractivity contribution in [2.45, 2.75) is 117 Å². The van der Waals surface area contributed by atoms with E-state index in [4.69, 9.17) is 15.2 Å². The summed E-state index contributed by atoms with van der Waals surface area (Å²) in [7, 11) is 0. The van der Waals surface area contributed by atoms with E-state index in [1.54, 1.807) is 0 Å². The molecule has 0 saturated heterocycles. The van der Waals surface area contributed by atoms with Gasteiger partial charge in [-0.05, 0) is 32.2 Å². The van der Waals surface area contributed by atoms with Crippen molar-refractivity contribution >= 4 is 11.9 Å². The summed E-state index contributed by atoms with van der Waals surface area (Å²) in [5.41, 5.74) is 5.56. The molecule has 5 heteroatoms. The van der Waals surface area contributed by atoms with Gasteiger partial charge >= 0.3 is 11.9 Å². The Morgan fingerprint density at radius 1 is 0.655 bits per heavy atom. The lowest BCUT2D eigenvalue weighted by atomic mass is 10.0. The Labute approximate surface area is 179 Å². The molecule has 2 N–H and O–H groups in total. The zero-order valence-corrected chi connectivity index (χ0v) is 19.2. The minimum Gasteiger partial charge on any atom is -0.465 e. The first-order valence-electron chi connectivity index (χ1n) is 12.1. The average molecular weight is 414 g/mol. The molecule has 0 radical (unpaired) electrons. The fourth-order valence-corrected chi connectivity index (χ4v) is 3.28. The van der Waals surface area contributed by atoms with Gasteiger partial charge < -0.3 is 15.2 Å². The van der Waals surface area contributed by atoms with Crippen molar-refractivity contribution in [1.82, 2.24) is 0 Å². The lowest BCUT2D eigenvalue weighted by Gasteiger charge is -2.17. The molecule has 0 aliphatic rings. The van der Waals surface area contributed by atoms with E-state index in [0.717, 1.165) is 51.4 Å². The number of nitrogens with two attached hydrogens (primary N) is 1. The van der Waals surface area contributed by atoms with Gasteiger partial charge in [-0.15, -0.1) is 0 Å². The third-order valence-corrected chi connectivity index (χ3v) is 5.25. The van der Waals surface area contributed by atoms with Gasteiger partial charge in [0.2, 0.25) is 0 Å². The van der Waals surface area contributed by atoms with Crippen molar-refractivity contribution in [3.8, 4) is 0 Å². The molecule has 172 valence electrons. The number of rotatable bonds is 21. The van der Waals surface area contributed by atoms with Crippen molar-refractivity contribution in [2.24, 2.45) is 11.7 Å². The molecule has 0 spiro atoms. The molecule has 0 atom stereocenters. The molecule has 0 aromatic rings. The van der Waals surface area contributed by atoms with Crippen molar-refractivity contribution < 1.29 is 19.1 Å². The van der Waals surface area contributed by atoms with E-state index in [0.29, 0.717) is 32.6 Å². The Bertz CT molecular complexity index is 357. The van der Waals surface area contributed by atoms with Crippen molar-refractivity contribution in [3.63, 3.8) is 0 Å². The molecule has 0 rings (SSSR count). The largest absolute Gasteiger partial charge is 0.465 e. The van der Waals surface area contributed by atoms with Crippen LogP contribution in [0.1, 0.15) is 117 Å². The van der Waals surface area contributed by atoms with Crippen molar-refractivity contribution in [2.75, 3.05) is 19.8 Å². The molecule has 0 aromatic carbocycles.